The molecule has 20 heavy (non-hydrogen) atoms. The van der Waals surface area contributed by atoms with Gasteiger partial charge in [-0.15, -0.1) is 0 Å². The van der Waals surface area contributed by atoms with Crippen molar-refractivity contribution < 1.29 is 22.0 Å². The molecule has 0 amide bonds. The van der Waals surface area contributed by atoms with E-state index in [4.69, 9.17) is 5.73 Å². The molecule has 2 N–H and O–H groups in total. The predicted molar refractivity (Wildman–Crippen MR) is 65.4 cm³/mol. The molecule has 0 aliphatic heterocycles. The lowest BCUT2D eigenvalue weighted by Gasteiger charge is -2.20. The number of rotatable bonds is 2. The summed E-state index contributed by atoms with van der Waals surface area (Å²) < 4.78 is 66.1. The monoisotopic (exact) mass is 288 g/mol. The summed E-state index contributed by atoms with van der Waals surface area (Å²) >= 11 is 0. The van der Waals surface area contributed by atoms with Crippen molar-refractivity contribution >= 4 is 5.57 Å². The lowest BCUT2D eigenvalue weighted by atomic mass is 9.90. The van der Waals surface area contributed by atoms with Crippen molar-refractivity contribution in [3.63, 3.8) is 0 Å². The Labute approximate surface area is 112 Å². The van der Waals surface area contributed by atoms with Crippen LogP contribution in [0.15, 0.2) is 35.7 Å². The molecule has 0 saturated carbocycles. The standard InChI is InChI=1S/C14H11F5N/c15-11-3-1-2-10(14(17,18)19)13(11)8-4-5-9(7-20)12(16)6-8/h2-6H,1,7,20H2. The van der Waals surface area contributed by atoms with Crippen LogP contribution in [0.4, 0.5) is 22.0 Å². The molecular weight excluding hydrogens is 277 g/mol. The van der Waals surface area contributed by atoms with Gasteiger partial charge < -0.3 is 5.73 Å². The molecule has 0 aromatic heterocycles. The van der Waals surface area contributed by atoms with E-state index in [1.807, 2.05) is 0 Å². The van der Waals surface area contributed by atoms with Gasteiger partial charge in [0.25, 0.3) is 0 Å². The van der Waals surface area contributed by atoms with Crippen LogP contribution in [0.5, 0.6) is 0 Å². The fourth-order valence-corrected chi connectivity index (χ4v) is 2.03. The van der Waals surface area contributed by atoms with Crippen molar-refractivity contribution in [2.45, 2.75) is 19.1 Å². The van der Waals surface area contributed by atoms with Crippen molar-refractivity contribution in [3.05, 3.63) is 59.0 Å². The normalized spacial score (nSPS) is 16.4. The number of allylic oxidation sites excluding steroid dienone is 4. The van der Waals surface area contributed by atoms with Gasteiger partial charge in [0.1, 0.15) is 11.6 Å². The maximum atomic E-state index is 13.8. The Morgan fingerprint density at radius 3 is 2.40 bits per heavy atom. The molecule has 0 fully saturated rings. The van der Waals surface area contributed by atoms with Crippen LogP contribution in [0.1, 0.15) is 17.5 Å². The molecular formula is C14H11F5N. The highest BCUT2D eigenvalue weighted by Gasteiger charge is 2.38. The fourth-order valence-electron chi connectivity index (χ4n) is 2.03. The Morgan fingerprint density at radius 2 is 1.85 bits per heavy atom. The van der Waals surface area contributed by atoms with Crippen molar-refractivity contribution in [2.75, 3.05) is 0 Å². The summed E-state index contributed by atoms with van der Waals surface area (Å²) in [5.41, 5.74) is 3.56. The third-order valence-electron chi connectivity index (χ3n) is 2.99. The van der Waals surface area contributed by atoms with Gasteiger partial charge in [-0.3, -0.25) is 0 Å². The molecule has 0 bridgehead atoms. The smallest absolute Gasteiger partial charge is 0.326 e. The second-order valence-electron chi connectivity index (χ2n) is 4.29. The van der Waals surface area contributed by atoms with Crippen LogP contribution in [0.25, 0.3) is 5.57 Å². The van der Waals surface area contributed by atoms with Crippen LogP contribution in [0.2, 0.25) is 0 Å². The van der Waals surface area contributed by atoms with E-state index in [-0.39, 0.29) is 24.1 Å². The number of hydrogen-bond donors (Lipinski definition) is 1. The van der Waals surface area contributed by atoms with E-state index in [0.29, 0.717) is 0 Å². The molecule has 1 nitrogen and oxygen atoms in total. The molecule has 1 aliphatic carbocycles. The summed E-state index contributed by atoms with van der Waals surface area (Å²) in [5, 5.41) is 0. The molecule has 1 aliphatic rings. The first-order valence-corrected chi connectivity index (χ1v) is 5.84. The lowest BCUT2D eigenvalue weighted by Crippen LogP contribution is -2.17. The number of benzene rings is 1. The van der Waals surface area contributed by atoms with E-state index in [9.17, 15) is 22.0 Å². The molecule has 0 saturated heterocycles. The van der Waals surface area contributed by atoms with Gasteiger partial charge in [0.15, 0.2) is 0 Å². The Hall–Kier alpha value is -1.69. The molecule has 0 atom stereocenters. The summed E-state index contributed by atoms with van der Waals surface area (Å²) in [7, 11) is 0. The largest absolute Gasteiger partial charge is 0.413 e. The van der Waals surface area contributed by atoms with Crippen LogP contribution >= 0.6 is 0 Å². The summed E-state index contributed by atoms with van der Waals surface area (Å²) in [5.74, 6) is -1.75. The van der Waals surface area contributed by atoms with Gasteiger partial charge in [0, 0.05) is 29.7 Å². The number of hydrogen-bond acceptors (Lipinski definition) is 1. The van der Waals surface area contributed by atoms with Crippen molar-refractivity contribution in [1.82, 2.24) is 0 Å². The van der Waals surface area contributed by atoms with Gasteiger partial charge >= 0.3 is 6.18 Å². The van der Waals surface area contributed by atoms with Gasteiger partial charge in [0.2, 0.25) is 0 Å². The lowest BCUT2D eigenvalue weighted by molar-refractivity contribution is -0.0895. The minimum Gasteiger partial charge on any atom is -0.326 e. The summed E-state index contributed by atoms with van der Waals surface area (Å²) in [6.45, 7) is -0.0816. The van der Waals surface area contributed by atoms with Crippen molar-refractivity contribution in [1.29, 1.82) is 0 Å². The van der Waals surface area contributed by atoms with Gasteiger partial charge in [-0.2, -0.15) is 13.2 Å². The van der Waals surface area contributed by atoms with Gasteiger partial charge in [-0.1, -0.05) is 12.1 Å². The van der Waals surface area contributed by atoms with E-state index < -0.39 is 29.0 Å². The summed E-state index contributed by atoms with van der Waals surface area (Å²) in [4.78, 5) is 0. The first kappa shape index (κ1) is 14.7. The van der Waals surface area contributed by atoms with Crippen molar-refractivity contribution in [3.8, 4) is 0 Å². The first-order valence-electron chi connectivity index (χ1n) is 5.84. The van der Waals surface area contributed by atoms with E-state index in [2.05, 4.69) is 0 Å². The highest BCUT2D eigenvalue weighted by Crippen LogP contribution is 2.41. The zero-order valence-electron chi connectivity index (χ0n) is 10.3. The fraction of sp³-hybridized carbons (Fsp3) is 0.214. The highest BCUT2D eigenvalue weighted by molar-refractivity contribution is 5.82. The minimum atomic E-state index is -4.69. The van der Waals surface area contributed by atoms with Crippen LogP contribution in [-0.2, 0) is 6.54 Å². The second-order valence-corrected chi connectivity index (χ2v) is 4.29. The quantitative estimate of drug-likeness (QED) is 0.816. The Morgan fingerprint density at radius 1 is 1.15 bits per heavy atom. The maximum absolute atomic E-state index is 13.8. The molecule has 0 unspecified atom stereocenters. The molecule has 107 valence electrons. The summed E-state index contributed by atoms with van der Waals surface area (Å²) in [6.07, 6.45) is -2.93. The van der Waals surface area contributed by atoms with Crippen LogP contribution in [0, 0.1) is 12.2 Å². The average Bonchev–Trinajstić information content (AvgIpc) is 2.37. The zero-order chi connectivity index (χ0) is 14.9. The SMILES string of the molecule is NCc1ccc(C2=C(C(F)(F)F)[CH]CC=C2F)cc1F. The highest BCUT2D eigenvalue weighted by atomic mass is 19.4. The zero-order valence-corrected chi connectivity index (χ0v) is 10.3. The number of halogens is 5. The molecule has 1 aromatic carbocycles. The number of alkyl halides is 3. The summed E-state index contributed by atoms with van der Waals surface area (Å²) in [6, 6.07) is 3.36. The van der Waals surface area contributed by atoms with E-state index in [1.54, 1.807) is 0 Å². The third kappa shape index (κ3) is 2.75. The Bertz CT molecular complexity index is 584. The average molecular weight is 288 g/mol. The van der Waals surface area contributed by atoms with Crippen molar-refractivity contribution in [2.24, 2.45) is 5.73 Å². The first-order chi connectivity index (χ1) is 9.34. The van der Waals surface area contributed by atoms with Gasteiger partial charge in [-0.25, -0.2) is 8.78 Å². The van der Waals surface area contributed by atoms with E-state index in [0.717, 1.165) is 18.6 Å². The van der Waals surface area contributed by atoms with E-state index >= 15 is 0 Å². The topological polar surface area (TPSA) is 26.0 Å². The number of nitrogens with two attached hydrogens (primary N) is 1. The molecule has 0 heterocycles. The van der Waals surface area contributed by atoms with Gasteiger partial charge in [-0.05, 0) is 24.1 Å². The van der Waals surface area contributed by atoms with E-state index in [1.165, 1.54) is 12.1 Å². The maximum Gasteiger partial charge on any atom is 0.413 e. The van der Waals surface area contributed by atoms with Crippen LogP contribution < -0.4 is 5.73 Å². The molecule has 2 rings (SSSR count). The van der Waals surface area contributed by atoms with Crippen LogP contribution in [-0.4, -0.2) is 6.18 Å². The Kier molecular flexibility index (Phi) is 3.94. The predicted octanol–water partition coefficient (Wildman–Crippen LogP) is 4.06. The molecule has 1 aromatic rings. The Balaban J connectivity index is 2.59. The molecule has 6 heteroatoms. The molecule has 1 radical (unpaired) electrons. The van der Waals surface area contributed by atoms with Gasteiger partial charge in [0.05, 0.1) is 0 Å². The second kappa shape index (κ2) is 5.36. The third-order valence-corrected chi connectivity index (χ3v) is 2.99. The minimum absolute atomic E-state index is 0.0816. The van der Waals surface area contributed by atoms with Crippen LogP contribution in [0.3, 0.4) is 0 Å². The molecule has 0 spiro atoms.